The predicted octanol–water partition coefficient (Wildman–Crippen LogP) is 1.69. The summed E-state index contributed by atoms with van der Waals surface area (Å²) in [6, 6.07) is 8.16. The largest absolute Gasteiger partial charge is 0.342 e. The van der Waals surface area contributed by atoms with E-state index in [-0.39, 0.29) is 0 Å². The van der Waals surface area contributed by atoms with E-state index in [1.165, 1.54) is 6.42 Å². The van der Waals surface area contributed by atoms with Gasteiger partial charge in [0, 0.05) is 39.3 Å². The van der Waals surface area contributed by atoms with Crippen molar-refractivity contribution in [2.45, 2.75) is 25.8 Å². The number of carbonyl (C=O) groups excluding carboxylic acids is 1. The molecule has 0 spiro atoms. The molecule has 2 saturated heterocycles. The molecule has 3 heterocycles. The number of rotatable bonds is 4. The monoisotopic (exact) mass is 341 g/mol. The van der Waals surface area contributed by atoms with Gasteiger partial charge in [0.15, 0.2) is 0 Å². The van der Waals surface area contributed by atoms with Gasteiger partial charge in [-0.3, -0.25) is 14.6 Å². The van der Waals surface area contributed by atoms with E-state index in [0.29, 0.717) is 12.5 Å². The van der Waals surface area contributed by atoms with Crippen LogP contribution in [0.5, 0.6) is 0 Å². The highest BCUT2D eigenvalue weighted by atomic mass is 16.2. The van der Waals surface area contributed by atoms with Crippen LogP contribution in [0.3, 0.4) is 0 Å². The van der Waals surface area contributed by atoms with Crippen molar-refractivity contribution in [1.29, 1.82) is 0 Å². The van der Waals surface area contributed by atoms with E-state index >= 15 is 0 Å². The molecule has 1 N–H and O–H groups in total. The fourth-order valence-corrected chi connectivity index (χ4v) is 3.83. The highest BCUT2D eigenvalue weighted by molar-refractivity contribution is 5.78. The van der Waals surface area contributed by atoms with Gasteiger partial charge in [-0.15, -0.1) is 0 Å². The quantitative estimate of drug-likeness (QED) is 0.920. The van der Waals surface area contributed by atoms with Gasteiger partial charge in [0.25, 0.3) is 0 Å². The molecule has 2 aliphatic rings. The molecule has 0 atom stereocenters. The van der Waals surface area contributed by atoms with Crippen molar-refractivity contribution in [2.75, 3.05) is 45.8 Å². The van der Waals surface area contributed by atoms with Crippen molar-refractivity contribution in [3.63, 3.8) is 0 Å². The Balaban J connectivity index is 1.25. The number of hydrogen-bond donors (Lipinski definition) is 1. The van der Waals surface area contributed by atoms with Crippen molar-refractivity contribution < 1.29 is 4.79 Å². The number of aromatic nitrogens is 2. The zero-order valence-electron chi connectivity index (χ0n) is 14.8. The normalized spacial score (nSPS) is 20.2. The zero-order valence-corrected chi connectivity index (χ0v) is 14.8. The second-order valence-electron chi connectivity index (χ2n) is 7.19. The van der Waals surface area contributed by atoms with Crippen molar-refractivity contribution in [3.05, 3.63) is 30.1 Å². The van der Waals surface area contributed by atoms with E-state index in [0.717, 1.165) is 75.5 Å². The lowest BCUT2D eigenvalue weighted by molar-refractivity contribution is -0.133. The summed E-state index contributed by atoms with van der Waals surface area (Å²) in [5.41, 5.74) is 2.13. The Morgan fingerprint density at radius 1 is 0.960 bits per heavy atom. The van der Waals surface area contributed by atoms with Crippen molar-refractivity contribution in [1.82, 2.24) is 24.7 Å². The van der Waals surface area contributed by atoms with Crippen molar-refractivity contribution in [2.24, 2.45) is 0 Å². The molecule has 1 aromatic heterocycles. The molecule has 25 heavy (non-hydrogen) atoms. The molecular formula is C19H27N5O. The summed E-state index contributed by atoms with van der Waals surface area (Å²) in [6.45, 7) is 7.23. The van der Waals surface area contributed by atoms with Gasteiger partial charge in [-0.25, -0.2) is 4.98 Å². The fraction of sp³-hybridized carbons (Fsp3) is 0.579. The highest BCUT2D eigenvalue weighted by Gasteiger charge is 2.23. The number of likely N-dealkylation sites (tertiary alicyclic amines) is 1. The van der Waals surface area contributed by atoms with Gasteiger partial charge in [0.1, 0.15) is 5.82 Å². The minimum atomic E-state index is 0.311. The summed E-state index contributed by atoms with van der Waals surface area (Å²) in [7, 11) is 0. The van der Waals surface area contributed by atoms with Gasteiger partial charge in [0.2, 0.25) is 5.91 Å². The van der Waals surface area contributed by atoms with E-state index in [9.17, 15) is 4.79 Å². The standard InChI is InChI=1S/C19H27N5O/c25-19(24-8-4-1-5-9-24)15-23-12-10-22(11-13-23)14-18-20-16-6-2-3-7-17(16)21-18/h2-3,6-7H,1,4-5,8-15H2,(H,20,21). The summed E-state index contributed by atoms with van der Waals surface area (Å²) in [5.74, 6) is 1.34. The topological polar surface area (TPSA) is 55.5 Å². The number of hydrogen-bond acceptors (Lipinski definition) is 4. The van der Waals surface area contributed by atoms with Crippen LogP contribution in [-0.2, 0) is 11.3 Å². The maximum atomic E-state index is 12.4. The number of H-pyrrole nitrogens is 1. The molecule has 0 saturated carbocycles. The number of amides is 1. The van der Waals surface area contributed by atoms with E-state index in [4.69, 9.17) is 0 Å². The Hall–Kier alpha value is -1.92. The van der Waals surface area contributed by atoms with Gasteiger partial charge in [-0.05, 0) is 31.4 Å². The van der Waals surface area contributed by atoms with Crippen LogP contribution in [-0.4, -0.2) is 76.4 Å². The third-order valence-corrected chi connectivity index (χ3v) is 5.34. The van der Waals surface area contributed by atoms with Crippen LogP contribution in [0.4, 0.5) is 0 Å². The fourth-order valence-electron chi connectivity index (χ4n) is 3.83. The number of nitrogens with one attached hydrogen (secondary N) is 1. The number of fused-ring (bicyclic) bond motifs is 1. The Morgan fingerprint density at radius 3 is 2.44 bits per heavy atom. The number of benzene rings is 1. The molecular weight excluding hydrogens is 314 g/mol. The van der Waals surface area contributed by atoms with Crippen molar-refractivity contribution in [3.8, 4) is 0 Å². The number of piperidine rings is 1. The van der Waals surface area contributed by atoms with Crippen molar-refractivity contribution >= 4 is 16.9 Å². The van der Waals surface area contributed by atoms with Crippen LogP contribution in [0.15, 0.2) is 24.3 Å². The van der Waals surface area contributed by atoms with E-state index in [1.54, 1.807) is 0 Å². The summed E-state index contributed by atoms with van der Waals surface area (Å²) in [5, 5.41) is 0. The van der Waals surface area contributed by atoms with Crippen LogP contribution in [0, 0.1) is 0 Å². The first-order chi connectivity index (χ1) is 12.3. The summed E-state index contributed by atoms with van der Waals surface area (Å²) >= 11 is 0. The lowest BCUT2D eigenvalue weighted by Gasteiger charge is -2.35. The molecule has 6 heteroatoms. The van der Waals surface area contributed by atoms with E-state index in [2.05, 4.69) is 25.8 Å². The van der Waals surface area contributed by atoms with Crippen LogP contribution in [0.1, 0.15) is 25.1 Å². The molecule has 0 bridgehead atoms. The van der Waals surface area contributed by atoms with E-state index in [1.807, 2.05) is 23.1 Å². The van der Waals surface area contributed by atoms with Gasteiger partial charge in [-0.2, -0.15) is 0 Å². The number of imidazole rings is 1. The average Bonchev–Trinajstić information content (AvgIpc) is 3.06. The number of nitrogens with zero attached hydrogens (tertiary/aromatic N) is 4. The van der Waals surface area contributed by atoms with Crippen LogP contribution in [0.25, 0.3) is 11.0 Å². The lowest BCUT2D eigenvalue weighted by Crippen LogP contribution is -2.50. The van der Waals surface area contributed by atoms with Crippen LogP contribution >= 0.6 is 0 Å². The molecule has 2 fully saturated rings. The second-order valence-corrected chi connectivity index (χ2v) is 7.19. The maximum Gasteiger partial charge on any atom is 0.236 e. The van der Waals surface area contributed by atoms with Crippen LogP contribution < -0.4 is 0 Å². The molecule has 134 valence electrons. The first-order valence-corrected chi connectivity index (χ1v) is 9.44. The average molecular weight is 341 g/mol. The molecule has 1 amide bonds. The van der Waals surface area contributed by atoms with Gasteiger partial charge >= 0.3 is 0 Å². The molecule has 2 aromatic rings. The molecule has 0 radical (unpaired) electrons. The number of aromatic amines is 1. The SMILES string of the molecule is O=C(CN1CCN(Cc2nc3ccccc3[nH]2)CC1)N1CCCCC1. The Morgan fingerprint density at radius 2 is 1.68 bits per heavy atom. The summed E-state index contributed by atoms with van der Waals surface area (Å²) in [4.78, 5) is 27.2. The lowest BCUT2D eigenvalue weighted by atomic mass is 10.1. The van der Waals surface area contributed by atoms with Gasteiger partial charge in [0.05, 0.1) is 24.1 Å². The summed E-state index contributed by atoms with van der Waals surface area (Å²) in [6.07, 6.45) is 3.60. The minimum absolute atomic E-state index is 0.311. The number of para-hydroxylation sites is 2. The molecule has 0 unspecified atom stereocenters. The molecule has 0 aliphatic carbocycles. The molecule has 1 aromatic carbocycles. The maximum absolute atomic E-state index is 12.4. The van der Waals surface area contributed by atoms with Gasteiger partial charge < -0.3 is 9.88 Å². The van der Waals surface area contributed by atoms with Crippen LogP contribution in [0.2, 0.25) is 0 Å². The van der Waals surface area contributed by atoms with Gasteiger partial charge in [-0.1, -0.05) is 12.1 Å². The molecule has 4 rings (SSSR count). The third-order valence-electron chi connectivity index (χ3n) is 5.34. The molecule has 6 nitrogen and oxygen atoms in total. The molecule has 2 aliphatic heterocycles. The first-order valence-electron chi connectivity index (χ1n) is 9.44. The first kappa shape index (κ1) is 16.5. The highest BCUT2D eigenvalue weighted by Crippen LogP contribution is 2.14. The Kier molecular flexibility index (Phi) is 4.99. The number of carbonyl (C=O) groups is 1. The smallest absolute Gasteiger partial charge is 0.236 e. The Bertz CT molecular complexity index is 680. The summed E-state index contributed by atoms with van der Waals surface area (Å²) < 4.78 is 0. The predicted molar refractivity (Wildman–Crippen MR) is 98.2 cm³/mol. The Labute approximate surface area is 148 Å². The van der Waals surface area contributed by atoms with E-state index < -0.39 is 0 Å². The third kappa shape index (κ3) is 4.02. The second kappa shape index (κ2) is 7.54. The minimum Gasteiger partial charge on any atom is -0.342 e. The zero-order chi connectivity index (χ0) is 17.1. The number of piperazine rings is 1.